The van der Waals surface area contributed by atoms with Crippen LogP contribution in [-0.2, 0) is 21.1 Å². The van der Waals surface area contributed by atoms with Crippen molar-refractivity contribution in [2.24, 2.45) is 0 Å². The molecule has 8 heteroatoms. The maximum atomic E-state index is 7.22. The summed E-state index contributed by atoms with van der Waals surface area (Å²) in [6, 6.07) is 74.6. The van der Waals surface area contributed by atoms with E-state index in [2.05, 4.69) is 266 Å². The van der Waals surface area contributed by atoms with E-state index in [1.807, 2.05) is 12.1 Å². The zero-order chi connectivity index (χ0) is 57.7. The number of para-hydroxylation sites is 4. The summed E-state index contributed by atoms with van der Waals surface area (Å²) < 4.78 is 19.1. The predicted octanol–water partition coefficient (Wildman–Crippen LogP) is 21.1. The van der Waals surface area contributed by atoms with E-state index >= 15 is 0 Å². The number of rotatable bonds is 12. The third kappa shape index (κ3) is 9.63. The van der Waals surface area contributed by atoms with Crippen molar-refractivity contribution in [1.82, 2.24) is 24.1 Å². The zero-order valence-electron chi connectivity index (χ0n) is 49.6. The third-order valence-corrected chi connectivity index (χ3v) is 16.8. The smallest absolute Gasteiger partial charge is 0.501 e. The molecule has 0 radical (unpaired) electrons. The number of fused-ring (bicyclic) bond motifs is 8. The Bertz CT molecular complexity index is 4850. The summed E-state index contributed by atoms with van der Waals surface area (Å²) >= 11 is 0. The Morgan fingerprint density at radius 3 is 1.53 bits per heavy atom. The molecule has 420 valence electrons. The Labute approximate surface area is 511 Å². The van der Waals surface area contributed by atoms with Gasteiger partial charge in [0.25, 0.3) is 0 Å². The maximum Gasteiger partial charge on any atom is 2.00 e. The van der Waals surface area contributed by atoms with Crippen LogP contribution in [0.1, 0.15) is 113 Å². The number of nitrogens with zero attached hydrogens (tertiary/aromatic N) is 5. The number of imidazole rings is 2. The normalized spacial score (nSPS) is 12.0. The first-order valence-corrected chi connectivity index (χ1v) is 29.5. The van der Waals surface area contributed by atoms with Crippen molar-refractivity contribution >= 4 is 65.6 Å². The molecule has 0 atom stereocenters. The molecule has 7 nitrogen and oxygen atoms in total. The third-order valence-electron chi connectivity index (χ3n) is 16.8. The summed E-state index contributed by atoms with van der Waals surface area (Å²) in [7, 11) is 0. The molecule has 0 bridgehead atoms. The topological polar surface area (TPSA) is 70.9 Å². The van der Waals surface area contributed by atoms with Gasteiger partial charge in [0.15, 0.2) is 0 Å². The molecule has 0 aliphatic carbocycles. The van der Waals surface area contributed by atoms with E-state index < -0.39 is 0 Å². The van der Waals surface area contributed by atoms with Gasteiger partial charge in [-0.2, -0.15) is 0 Å². The van der Waals surface area contributed by atoms with E-state index in [0.29, 0.717) is 28.5 Å². The first-order chi connectivity index (χ1) is 40.8. The molecular weight excluding hydrogens is 1220 g/mol. The summed E-state index contributed by atoms with van der Waals surface area (Å²) in [5, 5.41) is 6.30. The molecule has 4 aromatic heterocycles. The summed E-state index contributed by atoms with van der Waals surface area (Å²) in [4.78, 5) is 15.9. The fourth-order valence-corrected chi connectivity index (χ4v) is 12.7. The molecule has 0 aliphatic heterocycles. The minimum atomic E-state index is 0. The van der Waals surface area contributed by atoms with Crippen molar-refractivity contribution in [3.63, 3.8) is 0 Å². The van der Waals surface area contributed by atoms with Gasteiger partial charge in [-0.3, -0.25) is 15.0 Å². The van der Waals surface area contributed by atoms with Crippen molar-refractivity contribution in [3.8, 4) is 67.9 Å². The van der Waals surface area contributed by atoms with Crippen LogP contribution in [0.5, 0.6) is 11.5 Å². The minimum absolute atomic E-state index is 0. The van der Waals surface area contributed by atoms with E-state index in [1.54, 1.807) is 0 Å². The Morgan fingerprint density at radius 1 is 0.435 bits per heavy atom. The van der Waals surface area contributed by atoms with Gasteiger partial charge in [0.05, 0.1) is 39.3 Å². The van der Waals surface area contributed by atoms with Crippen LogP contribution in [0.2, 0.25) is 0 Å². The minimum Gasteiger partial charge on any atom is -0.501 e. The van der Waals surface area contributed by atoms with Crippen LogP contribution in [-0.4, -0.2) is 24.1 Å². The molecule has 0 N–H and O–H groups in total. The number of hydrogen-bond acceptors (Lipinski definition) is 5. The van der Waals surface area contributed by atoms with E-state index in [0.717, 1.165) is 94.1 Å². The van der Waals surface area contributed by atoms with Crippen LogP contribution >= 0.6 is 0 Å². The molecule has 0 saturated carbocycles. The van der Waals surface area contributed by atoms with Crippen molar-refractivity contribution in [1.29, 1.82) is 0 Å². The average molecular weight is 1290 g/mol. The molecule has 85 heavy (non-hydrogen) atoms. The first kappa shape index (κ1) is 55.3. The van der Waals surface area contributed by atoms with Crippen LogP contribution in [0.3, 0.4) is 0 Å². The molecule has 0 unspecified atom stereocenters. The SMILES string of the molecule is Cc1cc2cc3ccc4oc5c(-c6nc7ccccc7n6-c6c(C(C)C)cc(-c7ccccc7)cc6C(C)C)[c-]c(Oc6[c-]c(-c7nc8ccccc8n7-c7c(C(C)C)cc(-c8ccccc8)cc7C(C)C)ccc6)cc5c4c3cc2c(C)n1.[Pt+2]. The molecule has 14 rings (SSSR count). The van der Waals surface area contributed by atoms with Gasteiger partial charge in [-0.1, -0.05) is 176 Å². The quantitative estimate of drug-likeness (QED) is 0.0900. The van der Waals surface area contributed by atoms with Crippen molar-refractivity contribution in [2.75, 3.05) is 0 Å². The second-order valence-corrected chi connectivity index (χ2v) is 23.8. The molecule has 0 amide bonds. The molecule has 4 heterocycles. The second kappa shape index (κ2) is 21.9. The van der Waals surface area contributed by atoms with Crippen LogP contribution in [0.15, 0.2) is 192 Å². The number of furan rings is 1. The van der Waals surface area contributed by atoms with Crippen LogP contribution in [0.25, 0.3) is 122 Å². The monoisotopic (exact) mass is 1290 g/mol. The Balaban J connectivity index is 0.00000672. The van der Waals surface area contributed by atoms with E-state index in [9.17, 15) is 0 Å². The molecule has 0 spiro atoms. The van der Waals surface area contributed by atoms with Gasteiger partial charge in [-0.25, -0.2) is 0 Å². The number of aryl methyl sites for hydroxylation is 2. The van der Waals surface area contributed by atoms with Crippen molar-refractivity contribution < 1.29 is 30.2 Å². The molecular formula is C77H65N5O2Pt. The number of hydrogen-bond donors (Lipinski definition) is 0. The maximum absolute atomic E-state index is 7.22. The summed E-state index contributed by atoms with van der Waals surface area (Å²) in [6.45, 7) is 22.4. The first-order valence-electron chi connectivity index (χ1n) is 29.5. The predicted molar refractivity (Wildman–Crippen MR) is 348 cm³/mol. The second-order valence-electron chi connectivity index (χ2n) is 23.8. The summed E-state index contributed by atoms with van der Waals surface area (Å²) in [6.07, 6.45) is 0. The van der Waals surface area contributed by atoms with Crippen LogP contribution < -0.4 is 4.74 Å². The van der Waals surface area contributed by atoms with Gasteiger partial charge in [-0.05, 0) is 171 Å². The van der Waals surface area contributed by atoms with Crippen LogP contribution in [0.4, 0.5) is 0 Å². The largest absolute Gasteiger partial charge is 2.00 e. The fraction of sp³-hybridized carbons (Fsp3) is 0.182. The van der Waals surface area contributed by atoms with Gasteiger partial charge in [0.2, 0.25) is 0 Å². The summed E-state index contributed by atoms with van der Waals surface area (Å²) in [5.41, 5.74) is 20.7. The van der Waals surface area contributed by atoms with Gasteiger partial charge in [0.1, 0.15) is 5.58 Å². The Morgan fingerprint density at radius 2 is 0.965 bits per heavy atom. The number of benzene rings is 10. The van der Waals surface area contributed by atoms with Crippen molar-refractivity contribution in [3.05, 3.63) is 234 Å². The van der Waals surface area contributed by atoms with E-state index in [-0.39, 0.29) is 44.7 Å². The number of aromatic nitrogens is 5. The summed E-state index contributed by atoms with van der Waals surface area (Å²) in [5.74, 6) is 3.27. The van der Waals surface area contributed by atoms with Gasteiger partial charge < -0.3 is 18.3 Å². The molecule has 10 aromatic carbocycles. The van der Waals surface area contributed by atoms with Gasteiger partial charge >= 0.3 is 21.1 Å². The average Bonchev–Trinajstić information content (AvgIpc) is 2.35. The molecule has 0 fully saturated rings. The van der Waals surface area contributed by atoms with E-state index in [4.69, 9.17) is 24.1 Å². The Kier molecular flexibility index (Phi) is 14.3. The molecule has 14 aromatic rings. The van der Waals surface area contributed by atoms with Crippen molar-refractivity contribution in [2.45, 2.75) is 92.9 Å². The number of ether oxygens (including phenoxy) is 1. The zero-order valence-corrected chi connectivity index (χ0v) is 51.8. The van der Waals surface area contributed by atoms with E-state index in [1.165, 1.54) is 44.5 Å². The van der Waals surface area contributed by atoms with Crippen LogP contribution in [0, 0.1) is 26.0 Å². The number of pyridine rings is 1. The molecule has 0 saturated heterocycles. The fourth-order valence-electron chi connectivity index (χ4n) is 12.7. The van der Waals surface area contributed by atoms with Gasteiger partial charge in [0, 0.05) is 45.0 Å². The molecule has 0 aliphatic rings. The Hall–Kier alpha value is -8.90. The standard InChI is InChI=1S/C77H65N5O2.Pt/c1-44(2)59-37-54(50-22-13-11-14-23-50)38-60(45(3)4)73(59)81-69-30-19-17-28-67(69)79-76(81)53-26-21-27-57(36-53)83-58-41-65-72-64-43-63-49(10)78-48(9)34-56(63)35-52(64)32-33-71(72)84-75(65)66(42-58)77-80-68-29-18-20-31-70(68)82(77)74-61(46(5)6)39-55(40-62(74)47(7)8)51-24-15-12-16-25-51;/h11-35,37-41,43-47H,1-10H3;/q-2;+2. The van der Waals surface area contributed by atoms with Gasteiger partial charge in [-0.15, -0.1) is 23.8 Å².